The largest absolute Gasteiger partial charge is 0.107 e. The van der Waals surface area contributed by atoms with Crippen molar-refractivity contribution in [3.8, 4) is 0 Å². The molecule has 0 radical (unpaired) electrons. The Labute approximate surface area is 493 Å². The summed E-state index contributed by atoms with van der Waals surface area (Å²) in [4.78, 5) is 0. The van der Waals surface area contributed by atoms with Gasteiger partial charge in [0.1, 0.15) is 0 Å². The SMILES string of the molecule is CCCCCCCCCCCCP(CCCCCCCCCCCC)CCCCCCCCCCCC.CCCCCCCCCCCCP(CCCCCCCCCCCC)CCCCCCCCCCCC.[Ni]. The molecule has 0 aliphatic heterocycles. The van der Waals surface area contributed by atoms with Gasteiger partial charge in [0.05, 0.1) is 0 Å². The molecule has 458 valence electrons. The fraction of sp³-hybridized carbons (Fsp3) is 1.00. The summed E-state index contributed by atoms with van der Waals surface area (Å²) in [6.45, 7) is 13.9. The van der Waals surface area contributed by atoms with E-state index in [0.717, 1.165) is 0 Å². The van der Waals surface area contributed by atoms with Gasteiger partial charge in [-0.25, -0.2) is 0 Å². The van der Waals surface area contributed by atoms with Crippen molar-refractivity contribution in [2.24, 2.45) is 0 Å². The first kappa shape index (κ1) is 80.6. The summed E-state index contributed by atoms with van der Waals surface area (Å²) in [7, 11) is 0.671. The molecule has 0 aromatic heterocycles. The Morgan fingerprint density at radius 2 is 0.200 bits per heavy atom. The van der Waals surface area contributed by atoms with Crippen LogP contribution in [0.15, 0.2) is 0 Å². The van der Waals surface area contributed by atoms with Crippen LogP contribution in [0.4, 0.5) is 0 Å². The molecule has 0 rings (SSSR count). The van der Waals surface area contributed by atoms with Gasteiger partial charge < -0.3 is 0 Å². The second kappa shape index (κ2) is 77.4. The maximum Gasteiger partial charge on any atom is 0 e. The first-order valence-electron chi connectivity index (χ1n) is 36.1. The predicted octanol–water partition coefficient (Wildman–Crippen LogP) is 28.5. The molecule has 0 saturated heterocycles. The van der Waals surface area contributed by atoms with Crippen LogP contribution in [0.1, 0.15) is 427 Å². The van der Waals surface area contributed by atoms with Crippen molar-refractivity contribution in [3.63, 3.8) is 0 Å². The zero-order chi connectivity index (χ0) is 53.8. The van der Waals surface area contributed by atoms with Gasteiger partial charge in [0.25, 0.3) is 0 Å². The molecule has 0 saturated carbocycles. The van der Waals surface area contributed by atoms with Gasteiger partial charge in [0.15, 0.2) is 0 Å². The first-order chi connectivity index (χ1) is 36.7. The fourth-order valence-corrected chi connectivity index (χ4v) is 17.0. The minimum absolute atomic E-state index is 0. The summed E-state index contributed by atoms with van der Waals surface area (Å²) in [5.74, 6) is 0. The van der Waals surface area contributed by atoms with Crippen LogP contribution in [0.3, 0.4) is 0 Å². The normalized spacial score (nSPS) is 11.5. The van der Waals surface area contributed by atoms with Crippen molar-refractivity contribution in [3.05, 3.63) is 0 Å². The van der Waals surface area contributed by atoms with E-state index in [2.05, 4.69) is 41.5 Å². The standard InChI is InChI=1S/2C36H75P.Ni/c2*1-4-7-10-13-16-19-22-25-28-31-34-37(35-32-29-26-23-20-17-14-11-8-5-2)36-33-30-27-24-21-18-15-12-9-6-3;/h2*4-36H2,1-3H3;. The van der Waals surface area contributed by atoms with Crippen LogP contribution in [0, 0.1) is 0 Å². The Bertz CT molecular complexity index is 723. The third kappa shape index (κ3) is 75.4. The van der Waals surface area contributed by atoms with Crippen molar-refractivity contribution in [2.75, 3.05) is 37.0 Å². The number of unbranched alkanes of at least 4 members (excludes halogenated alkanes) is 54. The van der Waals surface area contributed by atoms with Gasteiger partial charge >= 0.3 is 0 Å². The minimum atomic E-state index is 0. The number of hydrogen-bond donors (Lipinski definition) is 0. The second-order valence-electron chi connectivity index (χ2n) is 24.8. The minimum Gasteiger partial charge on any atom is -0.107 e. The van der Waals surface area contributed by atoms with E-state index in [9.17, 15) is 0 Å². The van der Waals surface area contributed by atoms with E-state index in [4.69, 9.17) is 0 Å². The summed E-state index contributed by atoms with van der Waals surface area (Å²) < 4.78 is 0. The van der Waals surface area contributed by atoms with E-state index < -0.39 is 0 Å². The van der Waals surface area contributed by atoms with E-state index in [1.807, 2.05) is 0 Å². The third-order valence-electron chi connectivity index (χ3n) is 17.0. The zero-order valence-corrected chi connectivity index (χ0v) is 56.7. The van der Waals surface area contributed by atoms with Gasteiger partial charge in [0.2, 0.25) is 0 Å². The molecule has 0 nitrogen and oxygen atoms in total. The summed E-state index contributed by atoms with van der Waals surface area (Å²) in [6, 6.07) is 0. The Hall–Kier alpha value is 1.35. The average molecular weight is 1140 g/mol. The molecule has 75 heavy (non-hydrogen) atoms. The van der Waals surface area contributed by atoms with Crippen LogP contribution in [0.5, 0.6) is 0 Å². The van der Waals surface area contributed by atoms with Crippen LogP contribution in [-0.2, 0) is 16.5 Å². The molecule has 0 aromatic carbocycles. The molecule has 0 heterocycles. The van der Waals surface area contributed by atoms with Gasteiger partial charge in [-0.3, -0.25) is 0 Å². The van der Waals surface area contributed by atoms with Crippen molar-refractivity contribution >= 4 is 15.8 Å². The maximum atomic E-state index is 2.32. The van der Waals surface area contributed by atoms with Crippen LogP contribution >= 0.6 is 15.8 Å². The molecule has 3 heteroatoms. The van der Waals surface area contributed by atoms with Crippen LogP contribution in [-0.4, -0.2) is 37.0 Å². The van der Waals surface area contributed by atoms with Gasteiger partial charge in [0, 0.05) is 16.5 Å². The van der Waals surface area contributed by atoms with E-state index in [1.54, 1.807) is 37.0 Å². The summed E-state index contributed by atoms with van der Waals surface area (Å²) in [5.41, 5.74) is 0. The van der Waals surface area contributed by atoms with Crippen molar-refractivity contribution in [1.82, 2.24) is 0 Å². The third-order valence-corrected chi connectivity index (χ3v) is 22.7. The summed E-state index contributed by atoms with van der Waals surface area (Å²) >= 11 is 0. The quantitative estimate of drug-likeness (QED) is 0.0323. The summed E-state index contributed by atoms with van der Waals surface area (Å²) in [6.07, 6.45) is 98.5. The predicted molar refractivity (Wildman–Crippen MR) is 354 cm³/mol. The molecule has 0 spiro atoms. The van der Waals surface area contributed by atoms with Crippen molar-refractivity contribution in [2.45, 2.75) is 427 Å². The van der Waals surface area contributed by atoms with E-state index >= 15 is 0 Å². The molecule has 0 bridgehead atoms. The maximum absolute atomic E-state index is 2.32. The number of rotatable bonds is 66. The Morgan fingerprint density at radius 3 is 0.293 bits per heavy atom. The molecular weight excluding hydrogens is 985 g/mol. The van der Waals surface area contributed by atoms with E-state index in [1.165, 1.54) is 385 Å². The van der Waals surface area contributed by atoms with Gasteiger partial charge in [-0.05, 0) is 75.5 Å². The molecule has 0 aliphatic carbocycles. The van der Waals surface area contributed by atoms with Gasteiger partial charge in [-0.1, -0.05) is 388 Å². The molecule has 0 fully saturated rings. The number of hydrogen-bond acceptors (Lipinski definition) is 0. The average Bonchev–Trinajstić information content (AvgIpc) is 3.41. The van der Waals surface area contributed by atoms with E-state index in [-0.39, 0.29) is 16.5 Å². The Balaban J connectivity index is -0.00000136. The molecule has 0 aliphatic rings. The molecular formula is C72H150NiP2. The zero-order valence-electron chi connectivity index (χ0n) is 53.9. The Morgan fingerprint density at radius 1 is 0.120 bits per heavy atom. The topological polar surface area (TPSA) is 0 Å². The van der Waals surface area contributed by atoms with Crippen molar-refractivity contribution in [1.29, 1.82) is 0 Å². The molecule has 0 atom stereocenters. The van der Waals surface area contributed by atoms with E-state index in [0.29, 0.717) is 15.8 Å². The van der Waals surface area contributed by atoms with Gasteiger partial charge in [-0.15, -0.1) is 15.8 Å². The fourth-order valence-electron chi connectivity index (χ4n) is 11.6. The molecule has 0 aromatic rings. The van der Waals surface area contributed by atoms with Gasteiger partial charge in [-0.2, -0.15) is 0 Å². The molecule has 0 unspecified atom stereocenters. The van der Waals surface area contributed by atoms with Crippen LogP contribution in [0.25, 0.3) is 0 Å². The smallest absolute Gasteiger partial charge is 0 e. The van der Waals surface area contributed by atoms with Crippen LogP contribution in [0.2, 0.25) is 0 Å². The molecule has 0 N–H and O–H groups in total. The monoisotopic (exact) mass is 1140 g/mol. The first-order valence-corrected chi connectivity index (χ1v) is 39.9. The molecule has 0 amide bonds. The summed E-state index contributed by atoms with van der Waals surface area (Å²) in [5, 5.41) is 0. The second-order valence-corrected chi connectivity index (χ2v) is 30.1. The Kier molecular flexibility index (Phi) is 83.2. The van der Waals surface area contributed by atoms with Crippen LogP contribution < -0.4 is 0 Å². The van der Waals surface area contributed by atoms with Crippen molar-refractivity contribution < 1.29 is 16.5 Å².